The van der Waals surface area contributed by atoms with E-state index in [-0.39, 0.29) is 12.2 Å². The van der Waals surface area contributed by atoms with Gasteiger partial charge in [-0.25, -0.2) is 9.67 Å². The second kappa shape index (κ2) is 6.60. The standard InChI is InChI=1S/C13H15N5O3/c1-3-21-12(19)8-18-11(6-9(2)17-18)16-13(20)10-7-14-4-5-15-10/h4-7H,3,8H2,1-2H3,(H,16,20). The van der Waals surface area contributed by atoms with Crippen molar-refractivity contribution in [3.63, 3.8) is 0 Å². The van der Waals surface area contributed by atoms with Gasteiger partial charge in [-0.05, 0) is 13.8 Å². The number of esters is 1. The van der Waals surface area contributed by atoms with Crippen LogP contribution in [-0.2, 0) is 16.1 Å². The Morgan fingerprint density at radius 1 is 1.38 bits per heavy atom. The van der Waals surface area contributed by atoms with Crippen LogP contribution in [0.2, 0.25) is 0 Å². The molecule has 0 fully saturated rings. The number of nitrogens with zero attached hydrogens (tertiary/aromatic N) is 4. The number of hydrogen-bond donors (Lipinski definition) is 1. The zero-order valence-electron chi connectivity index (χ0n) is 11.7. The number of ether oxygens (including phenoxy) is 1. The Balaban J connectivity index is 2.13. The molecule has 2 rings (SSSR count). The maximum atomic E-state index is 12.0. The third kappa shape index (κ3) is 3.85. The minimum atomic E-state index is -0.423. The van der Waals surface area contributed by atoms with Crippen molar-refractivity contribution in [1.29, 1.82) is 0 Å². The summed E-state index contributed by atoms with van der Waals surface area (Å²) < 4.78 is 6.24. The third-order valence-corrected chi connectivity index (χ3v) is 2.52. The van der Waals surface area contributed by atoms with Crippen LogP contribution in [0, 0.1) is 6.92 Å². The van der Waals surface area contributed by atoms with Crippen molar-refractivity contribution in [2.45, 2.75) is 20.4 Å². The number of carbonyl (C=O) groups excluding carboxylic acids is 2. The van der Waals surface area contributed by atoms with Crippen LogP contribution in [0.4, 0.5) is 5.82 Å². The summed E-state index contributed by atoms with van der Waals surface area (Å²) in [6.07, 6.45) is 4.26. The molecular formula is C13H15N5O3. The van der Waals surface area contributed by atoms with Gasteiger partial charge in [0.1, 0.15) is 18.1 Å². The summed E-state index contributed by atoms with van der Waals surface area (Å²) >= 11 is 0. The van der Waals surface area contributed by atoms with Crippen LogP contribution in [0.15, 0.2) is 24.7 Å². The number of aryl methyl sites for hydroxylation is 1. The molecule has 0 atom stereocenters. The Hall–Kier alpha value is -2.77. The number of amides is 1. The van der Waals surface area contributed by atoms with Gasteiger partial charge in [0.15, 0.2) is 0 Å². The number of aromatic nitrogens is 4. The Kier molecular flexibility index (Phi) is 4.60. The average molecular weight is 289 g/mol. The van der Waals surface area contributed by atoms with Crippen LogP contribution < -0.4 is 5.32 Å². The minimum Gasteiger partial charge on any atom is -0.465 e. The molecule has 1 N–H and O–H groups in total. The second-order valence-corrected chi connectivity index (χ2v) is 4.18. The van der Waals surface area contributed by atoms with Crippen molar-refractivity contribution >= 4 is 17.7 Å². The highest BCUT2D eigenvalue weighted by molar-refractivity contribution is 6.02. The summed E-state index contributed by atoms with van der Waals surface area (Å²) in [5.41, 5.74) is 0.854. The zero-order valence-corrected chi connectivity index (χ0v) is 11.7. The van der Waals surface area contributed by atoms with E-state index in [1.807, 2.05) is 0 Å². The van der Waals surface area contributed by atoms with Crippen molar-refractivity contribution in [1.82, 2.24) is 19.7 Å². The molecule has 2 aromatic rings. The highest BCUT2D eigenvalue weighted by atomic mass is 16.5. The van der Waals surface area contributed by atoms with Gasteiger partial charge in [0.05, 0.1) is 18.5 Å². The van der Waals surface area contributed by atoms with Crippen molar-refractivity contribution in [3.05, 3.63) is 36.0 Å². The van der Waals surface area contributed by atoms with Crippen LogP contribution in [-0.4, -0.2) is 38.2 Å². The summed E-state index contributed by atoms with van der Waals surface area (Å²) in [5, 5.41) is 6.79. The average Bonchev–Trinajstić information content (AvgIpc) is 2.79. The van der Waals surface area contributed by atoms with Crippen molar-refractivity contribution in [2.75, 3.05) is 11.9 Å². The number of rotatable bonds is 5. The van der Waals surface area contributed by atoms with Gasteiger partial charge < -0.3 is 10.1 Å². The molecule has 0 aliphatic carbocycles. The molecular weight excluding hydrogens is 274 g/mol. The first-order chi connectivity index (χ1) is 10.1. The molecule has 110 valence electrons. The summed E-state index contributed by atoms with van der Waals surface area (Å²) in [6, 6.07) is 1.66. The van der Waals surface area contributed by atoms with Crippen LogP contribution in [0.1, 0.15) is 23.1 Å². The lowest BCUT2D eigenvalue weighted by molar-refractivity contribution is -0.144. The van der Waals surface area contributed by atoms with Crippen molar-refractivity contribution in [3.8, 4) is 0 Å². The summed E-state index contributed by atoms with van der Waals surface area (Å²) in [6.45, 7) is 3.71. The van der Waals surface area contributed by atoms with Gasteiger partial charge in [-0.3, -0.25) is 14.6 Å². The van der Waals surface area contributed by atoms with Crippen molar-refractivity contribution < 1.29 is 14.3 Å². The minimum absolute atomic E-state index is 0.0717. The van der Waals surface area contributed by atoms with Crippen LogP contribution in [0.5, 0.6) is 0 Å². The van der Waals surface area contributed by atoms with Gasteiger partial charge >= 0.3 is 5.97 Å². The molecule has 0 radical (unpaired) electrons. The second-order valence-electron chi connectivity index (χ2n) is 4.18. The normalized spacial score (nSPS) is 10.2. The maximum absolute atomic E-state index is 12.0. The third-order valence-electron chi connectivity index (χ3n) is 2.52. The first-order valence-electron chi connectivity index (χ1n) is 6.37. The Morgan fingerprint density at radius 2 is 2.19 bits per heavy atom. The maximum Gasteiger partial charge on any atom is 0.327 e. The van der Waals surface area contributed by atoms with Crippen LogP contribution >= 0.6 is 0 Å². The molecule has 2 heterocycles. The fraction of sp³-hybridized carbons (Fsp3) is 0.308. The SMILES string of the molecule is CCOC(=O)Cn1nc(C)cc1NC(=O)c1cnccn1. The predicted molar refractivity (Wildman–Crippen MR) is 73.6 cm³/mol. The zero-order chi connectivity index (χ0) is 15.2. The number of hydrogen-bond acceptors (Lipinski definition) is 6. The number of anilines is 1. The molecule has 21 heavy (non-hydrogen) atoms. The van der Waals surface area contributed by atoms with E-state index in [2.05, 4.69) is 20.4 Å². The quantitative estimate of drug-likeness (QED) is 0.817. The molecule has 0 aliphatic rings. The molecule has 0 saturated heterocycles. The first-order valence-corrected chi connectivity index (χ1v) is 6.37. The van der Waals surface area contributed by atoms with E-state index >= 15 is 0 Å². The molecule has 0 bridgehead atoms. The Morgan fingerprint density at radius 3 is 2.86 bits per heavy atom. The molecule has 8 heteroatoms. The summed E-state index contributed by atoms with van der Waals surface area (Å²) in [7, 11) is 0. The highest BCUT2D eigenvalue weighted by Gasteiger charge is 2.14. The van der Waals surface area contributed by atoms with E-state index in [9.17, 15) is 9.59 Å². The van der Waals surface area contributed by atoms with E-state index in [4.69, 9.17) is 4.74 Å². The smallest absolute Gasteiger partial charge is 0.327 e. The first kappa shape index (κ1) is 14.6. The van der Waals surface area contributed by atoms with Crippen LogP contribution in [0.25, 0.3) is 0 Å². The molecule has 8 nitrogen and oxygen atoms in total. The molecule has 0 unspecified atom stereocenters. The lowest BCUT2D eigenvalue weighted by atomic mass is 10.4. The molecule has 0 aliphatic heterocycles. The summed E-state index contributed by atoms with van der Waals surface area (Å²) in [4.78, 5) is 31.3. The fourth-order valence-electron chi connectivity index (χ4n) is 1.69. The van der Waals surface area contributed by atoms with Gasteiger partial charge in [0.25, 0.3) is 5.91 Å². The monoisotopic (exact) mass is 289 g/mol. The van der Waals surface area contributed by atoms with Gasteiger partial charge in [-0.15, -0.1) is 0 Å². The van der Waals surface area contributed by atoms with E-state index in [1.165, 1.54) is 23.3 Å². The molecule has 0 saturated carbocycles. The Bertz CT molecular complexity index is 639. The topological polar surface area (TPSA) is 99.0 Å². The molecule has 0 spiro atoms. The molecule has 1 amide bonds. The molecule has 2 aromatic heterocycles. The lowest BCUT2D eigenvalue weighted by Crippen LogP contribution is -2.20. The number of carbonyl (C=O) groups is 2. The highest BCUT2D eigenvalue weighted by Crippen LogP contribution is 2.11. The Labute approximate surface area is 121 Å². The van der Waals surface area contributed by atoms with Gasteiger partial charge in [0, 0.05) is 18.5 Å². The van der Waals surface area contributed by atoms with Crippen LogP contribution in [0.3, 0.4) is 0 Å². The van der Waals surface area contributed by atoms with Gasteiger partial charge in [0.2, 0.25) is 0 Å². The van der Waals surface area contributed by atoms with E-state index in [0.717, 1.165) is 0 Å². The molecule has 0 aromatic carbocycles. The van der Waals surface area contributed by atoms with Gasteiger partial charge in [-0.2, -0.15) is 5.10 Å². The van der Waals surface area contributed by atoms with Gasteiger partial charge in [-0.1, -0.05) is 0 Å². The largest absolute Gasteiger partial charge is 0.465 e. The lowest BCUT2D eigenvalue weighted by Gasteiger charge is -2.08. The number of nitrogens with one attached hydrogen (secondary N) is 1. The summed E-state index contributed by atoms with van der Waals surface area (Å²) in [5.74, 6) is -0.445. The van der Waals surface area contributed by atoms with Crippen molar-refractivity contribution in [2.24, 2.45) is 0 Å². The van der Waals surface area contributed by atoms with E-state index < -0.39 is 11.9 Å². The van der Waals surface area contributed by atoms with E-state index in [0.29, 0.717) is 18.1 Å². The fourth-order valence-corrected chi connectivity index (χ4v) is 1.69. The van der Waals surface area contributed by atoms with E-state index in [1.54, 1.807) is 19.9 Å². The predicted octanol–water partition coefficient (Wildman–Crippen LogP) is 0.797.